The summed E-state index contributed by atoms with van der Waals surface area (Å²) in [4.78, 5) is 15.5. The number of imidazole rings is 1. The number of pyridine rings is 1. The molecule has 0 aliphatic heterocycles. The van der Waals surface area contributed by atoms with Crippen molar-refractivity contribution >= 4 is 11.5 Å². The van der Waals surface area contributed by atoms with E-state index in [1.54, 1.807) is 29.8 Å². The van der Waals surface area contributed by atoms with E-state index in [0.717, 1.165) is 5.82 Å². The van der Waals surface area contributed by atoms with Crippen LogP contribution in [0.5, 0.6) is 5.75 Å². The molecule has 18 heavy (non-hydrogen) atoms. The van der Waals surface area contributed by atoms with Gasteiger partial charge in [0.15, 0.2) is 5.69 Å². The lowest BCUT2D eigenvalue weighted by Gasteiger charge is -2.16. The third-order valence-electron chi connectivity index (χ3n) is 2.72. The summed E-state index contributed by atoms with van der Waals surface area (Å²) < 4.78 is 6.92. The van der Waals surface area contributed by atoms with E-state index in [4.69, 9.17) is 4.74 Å². The summed E-state index contributed by atoms with van der Waals surface area (Å²) in [5.41, 5.74) is 0.371. The first-order chi connectivity index (χ1) is 8.34. The molecule has 0 saturated carbocycles. The van der Waals surface area contributed by atoms with Gasteiger partial charge in [0.2, 0.25) is 0 Å². The maximum absolute atomic E-state index is 11.2. The molecule has 2 rings (SSSR count). The molecule has 0 saturated heterocycles. The number of hydrogen-bond acceptors (Lipinski definition) is 3. The molecule has 0 amide bonds. The van der Waals surface area contributed by atoms with Crippen molar-refractivity contribution in [2.24, 2.45) is 0 Å². The Bertz CT molecular complexity index is 608. The lowest BCUT2D eigenvalue weighted by Crippen LogP contribution is -2.16. The van der Waals surface area contributed by atoms with Gasteiger partial charge in [0.05, 0.1) is 12.6 Å². The van der Waals surface area contributed by atoms with E-state index in [0.29, 0.717) is 11.3 Å². The van der Waals surface area contributed by atoms with Gasteiger partial charge < -0.3 is 14.2 Å². The number of ether oxygens (including phenoxy) is 1. The summed E-state index contributed by atoms with van der Waals surface area (Å²) in [6.07, 6.45) is 1.79. The van der Waals surface area contributed by atoms with Gasteiger partial charge in [0.25, 0.3) is 0 Å². The molecule has 96 valence electrons. The molecule has 0 aromatic carbocycles. The minimum absolute atomic E-state index is 0.0545. The highest BCUT2D eigenvalue weighted by molar-refractivity contribution is 5.94. The summed E-state index contributed by atoms with van der Waals surface area (Å²) in [5.74, 6) is 0.305. The molecule has 5 nitrogen and oxygen atoms in total. The predicted molar refractivity (Wildman–Crippen MR) is 67.4 cm³/mol. The van der Waals surface area contributed by atoms with Gasteiger partial charge in [-0.05, 0) is 6.07 Å². The van der Waals surface area contributed by atoms with E-state index in [1.807, 2.05) is 20.8 Å². The SMILES string of the molecule is COc1ccn2c(C(C)(C)C)nc(C(=O)O)c2c1. The van der Waals surface area contributed by atoms with Crippen molar-refractivity contribution in [2.75, 3.05) is 7.11 Å². The number of nitrogens with zero attached hydrogens (tertiary/aromatic N) is 2. The molecule has 5 heteroatoms. The molecular formula is C13H16N2O3. The van der Waals surface area contributed by atoms with Crippen LogP contribution in [-0.4, -0.2) is 27.6 Å². The van der Waals surface area contributed by atoms with Crippen molar-refractivity contribution in [3.8, 4) is 5.75 Å². The summed E-state index contributed by atoms with van der Waals surface area (Å²) >= 11 is 0. The first-order valence-corrected chi connectivity index (χ1v) is 5.64. The van der Waals surface area contributed by atoms with Crippen molar-refractivity contribution in [1.29, 1.82) is 0 Å². The standard InChI is InChI=1S/C13H16N2O3/c1-13(2,3)12-14-10(11(16)17)9-7-8(18-4)5-6-15(9)12/h5-7H,1-4H3,(H,16,17). The van der Waals surface area contributed by atoms with Crippen molar-refractivity contribution in [2.45, 2.75) is 26.2 Å². The molecule has 0 atom stereocenters. The van der Waals surface area contributed by atoms with Gasteiger partial charge in [-0.2, -0.15) is 0 Å². The van der Waals surface area contributed by atoms with Crippen LogP contribution in [0.2, 0.25) is 0 Å². The normalized spacial score (nSPS) is 11.8. The zero-order valence-electron chi connectivity index (χ0n) is 10.9. The Hall–Kier alpha value is -2.04. The van der Waals surface area contributed by atoms with E-state index in [2.05, 4.69) is 4.98 Å². The van der Waals surface area contributed by atoms with Crippen molar-refractivity contribution in [3.05, 3.63) is 29.8 Å². The predicted octanol–water partition coefficient (Wildman–Crippen LogP) is 2.34. The van der Waals surface area contributed by atoms with Gasteiger partial charge in [-0.15, -0.1) is 0 Å². The van der Waals surface area contributed by atoms with Crippen LogP contribution in [0, 0.1) is 0 Å². The number of rotatable bonds is 2. The lowest BCUT2D eigenvalue weighted by atomic mass is 9.96. The minimum Gasteiger partial charge on any atom is -0.497 e. The molecule has 0 spiro atoms. The van der Waals surface area contributed by atoms with E-state index in [9.17, 15) is 9.90 Å². The Morgan fingerprint density at radius 3 is 2.61 bits per heavy atom. The summed E-state index contributed by atoms with van der Waals surface area (Å²) in [6, 6.07) is 3.47. The van der Waals surface area contributed by atoms with E-state index < -0.39 is 5.97 Å². The Morgan fingerprint density at radius 2 is 2.11 bits per heavy atom. The first-order valence-electron chi connectivity index (χ1n) is 5.64. The van der Waals surface area contributed by atoms with Gasteiger partial charge in [0, 0.05) is 17.7 Å². The zero-order valence-corrected chi connectivity index (χ0v) is 10.9. The number of aromatic carboxylic acids is 1. The van der Waals surface area contributed by atoms with E-state index >= 15 is 0 Å². The summed E-state index contributed by atoms with van der Waals surface area (Å²) in [6.45, 7) is 5.99. The van der Waals surface area contributed by atoms with Crippen LogP contribution < -0.4 is 4.74 Å². The quantitative estimate of drug-likeness (QED) is 0.886. The fourth-order valence-electron chi connectivity index (χ4n) is 1.88. The number of carbonyl (C=O) groups is 1. The topological polar surface area (TPSA) is 63.8 Å². The maximum Gasteiger partial charge on any atom is 0.356 e. The highest BCUT2D eigenvalue weighted by Gasteiger charge is 2.25. The highest BCUT2D eigenvalue weighted by Crippen LogP contribution is 2.26. The van der Waals surface area contributed by atoms with Crippen LogP contribution in [0.15, 0.2) is 18.3 Å². The lowest BCUT2D eigenvalue weighted by molar-refractivity contribution is 0.0693. The Morgan fingerprint density at radius 1 is 1.44 bits per heavy atom. The highest BCUT2D eigenvalue weighted by atomic mass is 16.5. The smallest absolute Gasteiger partial charge is 0.356 e. The molecule has 1 N–H and O–H groups in total. The molecular weight excluding hydrogens is 232 g/mol. The average Bonchev–Trinajstić information content (AvgIpc) is 2.66. The average molecular weight is 248 g/mol. The molecule has 0 bridgehead atoms. The van der Waals surface area contributed by atoms with Crippen LogP contribution in [0.4, 0.5) is 0 Å². The van der Waals surface area contributed by atoms with Crippen LogP contribution in [0.3, 0.4) is 0 Å². The second-order valence-electron chi connectivity index (χ2n) is 5.16. The van der Waals surface area contributed by atoms with Gasteiger partial charge in [-0.1, -0.05) is 20.8 Å². The Balaban J connectivity index is 2.80. The molecule has 0 radical (unpaired) electrons. The van der Waals surface area contributed by atoms with E-state index in [1.165, 1.54) is 0 Å². The third kappa shape index (κ3) is 1.92. The van der Waals surface area contributed by atoms with Crippen molar-refractivity contribution in [3.63, 3.8) is 0 Å². The number of fused-ring (bicyclic) bond motifs is 1. The molecule has 0 aliphatic carbocycles. The molecule has 0 aliphatic rings. The number of methoxy groups -OCH3 is 1. The molecule has 2 heterocycles. The van der Waals surface area contributed by atoms with Gasteiger partial charge in [-0.25, -0.2) is 9.78 Å². The molecule has 0 unspecified atom stereocenters. The number of carboxylic acid groups (broad SMARTS) is 1. The number of aromatic nitrogens is 2. The van der Waals surface area contributed by atoms with Gasteiger partial charge in [0.1, 0.15) is 11.6 Å². The Labute approximate surface area is 105 Å². The zero-order chi connectivity index (χ0) is 13.5. The molecule has 0 fully saturated rings. The van der Waals surface area contributed by atoms with Crippen LogP contribution in [0.25, 0.3) is 5.52 Å². The van der Waals surface area contributed by atoms with Crippen LogP contribution in [0.1, 0.15) is 37.1 Å². The van der Waals surface area contributed by atoms with Crippen molar-refractivity contribution in [1.82, 2.24) is 9.38 Å². The largest absolute Gasteiger partial charge is 0.497 e. The van der Waals surface area contributed by atoms with Gasteiger partial charge in [-0.3, -0.25) is 0 Å². The number of carboxylic acids is 1. The second-order valence-corrected chi connectivity index (χ2v) is 5.16. The van der Waals surface area contributed by atoms with E-state index in [-0.39, 0.29) is 11.1 Å². The second kappa shape index (κ2) is 4.01. The summed E-state index contributed by atoms with van der Waals surface area (Å²) in [5, 5.41) is 9.21. The third-order valence-corrected chi connectivity index (χ3v) is 2.72. The number of hydrogen-bond donors (Lipinski definition) is 1. The fraction of sp³-hybridized carbons (Fsp3) is 0.385. The Kier molecular flexibility index (Phi) is 2.77. The van der Waals surface area contributed by atoms with Gasteiger partial charge >= 0.3 is 5.97 Å². The van der Waals surface area contributed by atoms with Crippen LogP contribution >= 0.6 is 0 Å². The molecule has 2 aromatic heterocycles. The monoisotopic (exact) mass is 248 g/mol. The first kappa shape index (κ1) is 12.4. The maximum atomic E-state index is 11.2. The fourth-order valence-corrected chi connectivity index (χ4v) is 1.88. The minimum atomic E-state index is -1.03. The van der Waals surface area contributed by atoms with Crippen molar-refractivity contribution < 1.29 is 14.6 Å². The summed E-state index contributed by atoms with van der Waals surface area (Å²) in [7, 11) is 1.55. The van der Waals surface area contributed by atoms with Crippen LogP contribution in [-0.2, 0) is 5.41 Å². The molecule has 2 aromatic rings.